The summed E-state index contributed by atoms with van der Waals surface area (Å²) in [4.78, 5) is 11.8. The van der Waals surface area contributed by atoms with E-state index in [4.69, 9.17) is 10.00 Å². The fraction of sp³-hybridized carbons (Fsp3) is 0.222. The van der Waals surface area contributed by atoms with Gasteiger partial charge in [-0.2, -0.15) is 5.26 Å². The quantitative estimate of drug-likeness (QED) is 0.832. The molecule has 0 saturated heterocycles. The van der Waals surface area contributed by atoms with Crippen molar-refractivity contribution in [2.24, 2.45) is 0 Å². The van der Waals surface area contributed by atoms with Gasteiger partial charge in [0.15, 0.2) is 0 Å². The number of benzene rings is 2. The third-order valence-electron chi connectivity index (χ3n) is 3.47. The maximum atomic E-state index is 11.8. The molecule has 0 fully saturated rings. The lowest BCUT2D eigenvalue weighted by atomic mass is 10.1. The monoisotopic (exact) mass is 309 g/mol. The van der Waals surface area contributed by atoms with Crippen molar-refractivity contribution < 1.29 is 9.53 Å². The first-order valence-corrected chi connectivity index (χ1v) is 7.34. The van der Waals surface area contributed by atoms with Crippen molar-refractivity contribution in [2.75, 3.05) is 18.5 Å². The first kappa shape index (κ1) is 16.4. The van der Waals surface area contributed by atoms with Gasteiger partial charge in [0.25, 0.3) is 0 Å². The van der Waals surface area contributed by atoms with E-state index in [-0.39, 0.29) is 6.03 Å². The van der Waals surface area contributed by atoms with E-state index in [2.05, 4.69) is 10.6 Å². The maximum absolute atomic E-state index is 11.8. The Labute approximate surface area is 135 Å². The van der Waals surface area contributed by atoms with Crippen LogP contribution in [0, 0.1) is 25.2 Å². The third-order valence-corrected chi connectivity index (χ3v) is 3.47. The van der Waals surface area contributed by atoms with Crippen LogP contribution in [0.15, 0.2) is 42.5 Å². The largest absolute Gasteiger partial charge is 0.491 e. The van der Waals surface area contributed by atoms with E-state index in [1.54, 1.807) is 24.3 Å². The van der Waals surface area contributed by atoms with Crippen molar-refractivity contribution in [3.8, 4) is 11.8 Å². The Hall–Kier alpha value is -3.00. The Kier molecular flexibility index (Phi) is 5.59. The van der Waals surface area contributed by atoms with Gasteiger partial charge in [0.05, 0.1) is 18.2 Å². The number of nitrogens with one attached hydrogen (secondary N) is 2. The number of aryl methyl sites for hydroxylation is 1. The van der Waals surface area contributed by atoms with Gasteiger partial charge in [-0.1, -0.05) is 12.1 Å². The maximum Gasteiger partial charge on any atom is 0.319 e. The smallest absolute Gasteiger partial charge is 0.319 e. The number of urea groups is 1. The molecule has 0 aliphatic carbocycles. The molecule has 0 heterocycles. The summed E-state index contributed by atoms with van der Waals surface area (Å²) in [5.74, 6) is 0.833. The van der Waals surface area contributed by atoms with Crippen molar-refractivity contribution in [2.45, 2.75) is 13.8 Å². The molecule has 0 bridgehead atoms. The van der Waals surface area contributed by atoms with Crippen LogP contribution in [0.3, 0.4) is 0 Å². The van der Waals surface area contributed by atoms with Gasteiger partial charge in [0.1, 0.15) is 12.4 Å². The first-order valence-electron chi connectivity index (χ1n) is 7.34. The number of anilines is 1. The van der Waals surface area contributed by atoms with Crippen LogP contribution in [0.4, 0.5) is 10.5 Å². The molecule has 0 unspecified atom stereocenters. The molecule has 23 heavy (non-hydrogen) atoms. The second kappa shape index (κ2) is 7.85. The number of ether oxygens (including phenoxy) is 1. The van der Waals surface area contributed by atoms with Crippen LogP contribution in [0.2, 0.25) is 0 Å². The molecule has 0 atom stereocenters. The number of nitrogens with zero attached hydrogens (tertiary/aromatic N) is 1. The summed E-state index contributed by atoms with van der Waals surface area (Å²) in [6.45, 7) is 4.84. The van der Waals surface area contributed by atoms with Crippen molar-refractivity contribution in [1.29, 1.82) is 5.26 Å². The summed E-state index contributed by atoms with van der Waals surface area (Å²) in [7, 11) is 0. The standard InChI is InChI=1S/C18H19N3O2/c1-13-4-3-5-17(14(13)2)23-11-10-20-18(22)21-16-8-6-15(12-19)7-9-16/h3-9H,10-11H2,1-2H3,(H2,20,21,22). The van der Waals surface area contributed by atoms with Crippen LogP contribution < -0.4 is 15.4 Å². The van der Waals surface area contributed by atoms with Crippen LogP contribution in [-0.4, -0.2) is 19.2 Å². The summed E-state index contributed by atoms with van der Waals surface area (Å²) in [6, 6.07) is 14.3. The summed E-state index contributed by atoms with van der Waals surface area (Å²) >= 11 is 0. The molecule has 0 saturated carbocycles. The fourth-order valence-electron chi connectivity index (χ4n) is 2.01. The fourth-order valence-corrected chi connectivity index (χ4v) is 2.01. The second-order valence-corrected chi connectivity index (χ2v) is 5.12. The van der Waals surface area contributed by atoms with E-state index in [9.17, 15) is 4.79 Å². The lowest BCUT2D eigenvalue weighted by molar-refractivity contribution is 0.247. The third kappa shape index (κ3) is 4.75. The van der Waals surface area contributed by atoms with Crippen molar-refractivity contribution >= 4 is 11.7 Å². The molecular formula is C18H19N3O2. The zero-order valence-electron chi connectivity index (χ0n) is 13.2. The summed E-state index contributed by atoms with van der Waals surface area (Å²) in [5.41, 5.74) is 3.47. The predicted octanol–water partition coefficient (Wildman–Crippen LogP) is 3.38. The van der Waals surface area contributed by atoms with E-state index in [1.807, 2.05) is 38.1 Å². The number of hydrogen-bond acceptors (Lipinski definition) is 3. The molecule has 2 rings (SSSR count). The highest BCUT2D eigenvalue weighted by Gasteiger charge is 2.03. The van der Waals surface area contributed by atoms with Gasteiger partial charge in [0.2, 0.25) is 0 Å². The molecule has 0 aliphatic rings. The number of rotatable bonds is 5. The Balaban J connectivity index is 1.74. The minimum absolute atomic E-state index is 0.306. The van der Waals surface area contributed by atoms with E-state index in [0.29, 0.717) is 24.4 Å². The molecule has 0 spiro atoms. The Bertz CT molecular complexity index is 718. The molecule has 5 nitrogen and oxygen atoms in total. The predicted molar refractivity (Wildman–Crippen MR) is 89.6 cm³/mol. The minimum Gasteiger partial charge on any atom is -0.491 e. The molecule has 2 N–H and O–H groups in total. The lowest BCUT2D eigenvalue weighted by Gasteiger charge is -2.12. The van der Waals surface area contributed by atoms with Gasteiger partial charge in [-0.05, 0) is 55.3 Å². The lowest BCUT2D eigenvalue weighted by Crippen LogP contribution is -2.32. The zero-order chi connectivity index (χ0) is 16.7. The molecule has 5 heteroatoms. The van der Waals surface area contributed by atoms with Crippen molar-refractivity contribution in [1.82, 2.24) is 5.32 Å². The van der Waals surface area contributed by atoms with Crippen molar-refractivity contribution in [3.63, 3.8) is 0 Å². The van der Waals surface area contributed by atoms with E-state index in [1.165, 1.54) is 5.56 Å². The van der Waals surface area contributed by atoms with Gasteiger partial charge in [-0.15, -0.1) is 0 Å². The minimum atomic E-state index is -0.306. The first-order chi connectivity index (χ1) is 11.1. The Morgan fingerprint density at radius 3 is 2.61 bits per heavy atom. The van der Waals surface area contributed by atoms with Crippen molar-refractivity contribution in [3.05, 3.63) is 59.2 Å². The molecule has 2 aromatic rings. The van der Waals surface area contributed by atoms with Crippen LogP contribution in [-0.2, 0) is 0 Å². The highest BCUT2D eigenvalue weighted by molar-refractivity contribution is 5.89. The number of carbonyl (C=O) groups excluding carboxylic acids is 1. The van der Waals surface area contributed by atoms with Gasteiger partial charge < -0.3 is 15.4 Å². The summed E-state index contributed by atoms with van der Waals surface area (Å²) < 4.78 is 5.67. The molecule has 118 valence electrons. The number of hydrogen-bond donors (Lipinski definition) is 2. The average Bonchev–Trinajstić information content (AvgIpc) is 2.56. The SMILES string of the molecule is Cc1cccc(OCCNC(=O)Nc2ccc(C#N)cc2)c1C. The van der Waals surface area contributed by atoms with E-state index >= 15 is 0 Å². The number of nitriles is 1. The van der Waals surface area contributed by atoms with Gasteiger partial charge in [-0.25, -0.2) is 4.79 Å². The Morgan fingerprint density at radius 2 is 1.91 bits per heavy atom. The topological polar surface area (TPSA) is 74.2 Å². The number of amides is 2. The van der Waals surface area contributed by atoms with E-state index < -0.39 is 0 Å². The molecule has 2 amide bonds. The zero-order valence-corrected chi connectivity index (χ0v) is 13.2. The highest BCUT2D eigenvalue weighted by atomic mass is 16.5. The van der Waals surface area contributed by atoms with Gasteiger partial charge >= 0.3 is 6.03 Å². The van der Waals surface area contributed by atoms with Crippen LogP contribution in [0.1, 0.15) is 16.7 Å². The molecule has 0 radical (unpaired) electrons. The summed E-state index contributed by atoms with van der Waals surface area (Å²) in [6.07, 6.45) is 0. The average molecular weight is 309 g/mol. The molecule has 0 aliphatic heterocycles. The molecule has 2 aromatic carbocycles. The van der Waals surface area contributed by atoms with Crippen LogP contribution in [0.25, 0.3) is 0 Å². The highest BCUT2D eigenvalue weighted by Crippen LogP contribution is 2.20. The van der Waals surface area contributed by atoms with Gasteiger partial charge in [0, 0.05) is 5.69 Å². The second-order valence-electron chi connectivity index (χ2n) is 5.12. The molecular weight excluding hydrogens is 290 g/mol. The summed E-state index contributed by atoms with van der Waals surface area (Å²) in [5, 5.41) is 14.1. The normalized spacial score (nSPS) is 9.78. The van der Waals surface area contributed by atoms with E-state index in [0.717, 1.165) is 11.3 Å². The Morgan fingerprint density at radius 1 is 1.17 bits per heavy atom. The number of carbonyl (C=O) groups is 1. The van der Waals surface area contributed by atoms with Crippen LogP contribution in [0.5, 0.6) is 5.75 Å². The van der Waals surface area contributed by atoms with Crippen LogP contribution >= 0.6 is 0 Å². The van der Waals surface area contributed by atoms with Gasteiger partial charge in [-0.3, -0.25) is 0 Å². The molecule has 0 aromatic heterocycles.